The van der Waals surface area contributed by atoms with Crippen molar-refractivity contribution in [1.82, 2.24) is 9.13 Å². The number of aromatic nitrogens is 2. The van der Waals surface area contributed by atoms with Crippen molar-refractivity contribution < 1.29 is 4.42 Å². The lowest BCUT2D eigenvalue weighted by molar-refractivity contribution is 0.669. The standard InChI is InChI=1S/C60H39N3O/c1-3-13-42(14-4-1)61-53-20-10-7-17-45(53)47-28-23-40(35-57(47)61)39-25-30-55-51(34-39)48-29-24-41(36-58(48)62(55)43-15-5-2-6-16-43)38-26-31-56-50(33-38)46-18-8-11-21-54(46)63(56)44-27-32-60-52(37-44)49-19-9-12-22-59(49)64-60/h1-37,46,54H. The predicted molar refractivity (Wildman–Crippen MR) is 267 cm³/mol. The smallest absolute Gasteiger partial charge is 0.135 e. The predicted octanol–water partition coefficient (Wildman–Crippen LogP) is 15.8. The van der Waals surface area contributed by atoms with Gasteiger partial charge in [-0.2, -0.15) is 0 Å². The second kappa shape index (κ2) is 13.6. The van der Waals surface area contributed by atoms with Gasteiger partial charge in [-0.3, -0.25) is 0 Å². The SMILES string of the molecule is C1=CC2c3cc(-c4ccc5c6cc(-c7ccc8c9ccccc9n(-c9ccccc9)c8c7)ccc6n(-c6ccccc6)c5c4)ccc3N(c3ccc4oc5ccccc5c4c3)C2C=C1. The number of furan rings is 1. The molecule has 0 spiro atoms. The van der Waals surface area contributed by atoms with Gasteiger partial charge in [0.05, 0.1) is 28.1 Å². The largest absolute Gasteiger partial charge is 0.456 e. The molecule has 4 nitrogen and oxygen atoms in total. The summed E-state index contributed by atoms with van der Waals surface area (Å²) in [4.78, 5) is 2.51. The number of hydrogen-bond donors (Lipinski definition) is 0. The number of fused-ring (bicyclic) bond motifs is 12. The molecule has 1 aliphatic heterocycles. The highest BCUT2D eigenvalue weighted by molar-refractivity contribution is 6.13. The van der Waals surface area contributed by atoms with Gasteiger partial charge in [0.25, 0.3) is 0 Å². The molecule has 9 aromatic carbocycles. The van der Waals surface area contributed by atoms with E-state index in [4.69, 9.17) is 4.42 Å². The maximum Gasteiger partial charge on any atom is 0.135 e. The molecule has 0 N–H and O–H groups in total. The Hall–Kier alpha value is -8.34. The molecule has 0 saturated heterocycles. The molecule has 1 aliphatic carbocycles. The zero-order chi connectivity index (χ0) is 41.9. The minimum Gasteiger partial charge on any atom is -0.456 e. The van der Waals surface area contributed by atoms with Crippen molar-refractivity contribution in [3.63, 3.8) is 0 Å². The molecular weight excluding hydrogens is 779 g/mol. The molecule has 0 fully saturated rings. The number of hydrogen-bond acceptors (Lipinski definition) is 2. The molecule has 0 saturated carbocycles. The molecule has 3 aromatic heterocycles. The molecule has 0 radical (unpaired) electrons. The van der Waals surface area contributed by atoms with Crippen LogP contribution in [0.15, 0.2) is 229 Å². The van der Waals surface area contributed by atoms with Crippen LogP contribution in [0.3, 0.4) is 0 Å². The zero-order valence-corrected chi connectivity index (χ0v) is 34.8. The van der Waals surface area contributed by atoms with Gasteiger partial charge >= 0.3 is 0 Å². The van der Waals surface area contributed by atoms with E-state index in [1.807, 2.05) is 6.07 Å². The number of rotatable bonds is 5. The van der Waals surface area contributed by atoms with Gasteiger partial charge in [-0.15, -0.1) is 0 Å². The van der Waals surface area contributed by atoms with Crippen LogP contribution in [0.5, 0.6) is 0 Å². The van der Waals surface area contributed by atoms with Crippen molar-refractivity contribution in [1.29, 1.82) is 0 Å². The van der Waals surface area contributed by atoms with Crippen LogP contribution in [0.1, 0.15) is 11.5 Å². The van der Waals surface area contributed by atoms with Crippen molar-refractivity contribution >= 4 is 76.9 Å². The Morgan fingerprint density at radius 2 is 0.906 bits per heavy atom. The fourth-order valence-electron chi connectivity index (χ4n) is 10.9. The van der Waals surface area contributed by atoms with Gasteiger partial charge in [0.2, 0.25) is 0 Å². The molecule has 300 valence electrons. The van der Waals surface area contributed by atoms with Gasteiger partial charge in [0.1, 0.15) is 11.2 Å². The molecule has 14 rings (SSSR count). The number of para-hydroxylation sites is 4. The molecule has 2 unspecified atom stereocenters. The van der Waals surface area contributed by atoms with Crippen molar-refractivity contribution in [3.05, 3.63) is 230 Å². The van der Waals surface area contributed by atoms with Crippen molar-refractivity contribution in [2.24, 2.45) is 0 Å². The minimum absolute atomic E-state index is 0.186. The van der Waals surface area contributed by atoms with E-state index in [9.17, 15) is 0 Å². The summed E-state index contributed by atoms with van der Waals surface area (Å²) >= 11 is 0. The first-order chi connectivity index (χ1) is 31.7. The van der Waals surface area contributed by atoms with Crippen molar-refractivity contribution in [2.45, 2.75) is 12.0 Å². The van der Waals surface area contributed by atoms with E-state index in [1.54, 1.807) is 0 Å². The summed E-state index contributed by atoms with van der Waals surface area (Å²) in [7, 11) is 0. The van der Waals surface area contributed by atoms with Crippen LogP contribution in [0.4, 0.5) is 11.4 Å². The second-order valence-corrected chi connectivity index (χ2v) is 17.3. The van der Waals surface area contributed by atoms with Gasteiger partial charge in [-0.25, -0.2) is 0 Å². The molecule has 2 atom stereocenters. The Balaban J connectivity index is 0.902. The lowest BCUT2D eigenvalue weighted by Crippen LogP contribution is -2.28. The van der Waals surface area contributed by atoms with Gasteiger partial charge in [0.15, 0.2) is 0 Å². The van der Waals surface area contributed by atoms with Crippen molar-refractivity contribution in [2.75, 3.05) is 4.90 Å². The summed E-state index contributed by atoms with van der Waals surface area (Å²) in [5.74, 6) is 0.239. The van der Waals surface area contributed by atoms with Crippen LogP contribution < -0.4 is 4.90 Å². The summed E-state index contributed by atoms with van der Waals surface area (Å²) < 4.78 is 11.1. The molecule has 4 heterocycles. The van der Waals surface area contributed by atoms with E-state index in [0.29, 0.717) is 0 Å². The Morgan fingerprint density at radius 3 is 1.67 bits per heavy atom. The normalized spacial score (nSPS) is 15.7. The van der Waals surface area contributed by atoms with E-state index in [2.05, 4.69) is 232 Å². The van der Waals surface area contributed by atoms with E-state index >= 15 is 0 Å². The van der Waals surface area contributed by atoms with Crippen LogP contribution in [-0.2, 0) is 0 Å². The number of nitrogens with zero attached hydrogens (tertiary/aromatic N) is 3. The van der Waals surface area contributed by atoms with Crippen LogP contribution in [0, 0.1) is 0 Å². The maximum atomic E-state index is 6.22. The quantitative estimate of drug-likeness (QED) is 0.173. The summed E-state index contributed by atoms with van der Waals surface area (Å²) in [6, 6.07) is 73.4. The highest BCUT2D eigenvalue weighted by Crippen LogP contribution is 2.50. The first kappa shape index (κ1) is 35.3. The van der Waals surface area contributed by atoms with Gasteiger partial charge in [-0.1, -0.05) is 133 Å². The van der Waals surface area contributed by atoms with E-state index < -0.39 is 0 Å². The topological polar surface area (TPSA) is 26.2 Å². The van der Waals surface area contributed by atoms with Gasteiger partial charge < -0.3 is 18.5 Å². The first-order valence-electron chi connectivity index (χ1n) is 22.2. The Bertz CT molecular complexity index is 3920. The summed E-state index contributed by atoms with van der Waals surface area (Å²) in [6.45, 7) is 0. The Morgan fingerprint density at radius 1 is 0.344 bits per heavy atom. The van der Waals surface area contributed by atoms with Crippen LogP contribution in [0.25, 0.3) is 99.2 Å². The summed E-state index contributed by atoms with van der Waals surface area (Å²) in [5.41, 5.74) is 17.5. The molecule has 12 aromatic rings. The maximum absolute atomic E-state index is 6.22. The highest BCUT2D eigenvalue weighted by Gasteiger charge is 2.38. The Kier molecular flexibility index (Phi) is 7.48. The lowest BCUT2D eigenvalue weighted by atomic mass is 9.89. The third kappa shape index (κ3) is 5.17. The average molecular weight is 818 g/mol. The number of allylic oxidation sites excluding steroid dienone is 2. The fraction of sp³-hybridized carbons (Fsp3) is 0.0333. The van der Waals surface area contributed by atoms with Gasteiger partial charge in [-0.05, 0) is 119 Å². The van der Waals surface area contributed by atoms with Crippen LogP contribution >= 0.6 is 0 Å². The summed E-state index contributed by atoms with van der Waals surface area (Å²) in [5, 5.41) is 7.28. The molecule has 2 aliphatic rings. The number of benzene rings is 9. The lowest BCUT2D eigenvalue weighted by Gasteiger charge is -2.28. The first-order valence-corrected chi connectivity index (χ1v) is 22.2. The number of anilines is 2. The monoisotopic (exact) mass is 817 g/mol. The Labute approximate surface area is 369 Å². The zero-order valence-electron chi connectivity index (χ0n) is 34.8. The van der Waals surface area contributed by atoms with Gasteiger partial charge in [0, 0.05) is 61.0 Å². The summed E-state index contributed by atoms with van der Waals surface area (Å²) in [6.07, 6.45) is 9.11. The van der Waals surface area contributed by atoms with E-state index in [0.717, 1.165) is 33.3 Å². The highest BCUT2D eigenvalue weighted by atomic mass is 16.3. The van der Waals surface area contributed by atoms with Crippen molar-refractivity contribution in [3.8, 4) is 33.6 Å². The molecule has 4 heteroatoms. The second-order valence-electron chi connectivity index (χ2n) is 17.3. The third-order valence-electron chi connectivity index (χ3n) is 13.8. The van der Waals surface area contributed by atoms with E-state index in [1.165, 1.54) is 82.8 Å². The van der Waals surface area contributed by atoms with E-state index in [-0.39, 0.29) is 12.0 Å². The molecule has 0 bridgehead atoms. The minimum atomic E-state index is 0.186. The molecule has 64 heavy (non-hydrogen) atoms. The third-order valence-corrected chi connectivity index (χ3v) is 13.8. The van der Waals surface area contributed by atoms with Crippen LogP contribution in [-0.4, -0.2) is 15.2 Å². The molecule has 0 amide bonds. The van der Waals surface area contributed by atoms with Crippen LogP contribution in [0.2, 0.25) is 0 Å². The fourth-order valence-corrected chi connectivity index (χ4v) is 10.9. The molecular formula is C60H39N3O. The average Bonchev–Trinajstić information content (AvgIpc) is 4.10.